The Morgan fingerprint density at radius 2 is 2.29 bits per heavy atom. The van der Waals surface area contributed by atoms with Crippen molar-refractivity contribution in [3.05, 3.63) is 30.1 Å². The number of ether oxygens (including phenoxy) is 1. The molecule has 1 aromatic heterocycles. The van der Waals surface area contributed by atoms with Crippen LogP contribution in [0.2, 0.25) is 0 Å². The molecule has 0 amide bonds. The van der Waals surface area contributed by atoms with Crippen LogP contribution in [0.25, 0.3) is 0 Å². The average Bonchev–Trinajstić information content (AvgIpc) is 2.26. The molecule has 1 N–H and O–H groups in total. The molecule has 0 aliphatic heterocycles. The van der Waals surface area contributed by atoms with Gasteiger partial charge in [-0.15, -0.1) is 0 Å². The number of rotatable bonds is 5. The van der Waals surface area contributed by atoms with Crippen molar-refractivity contribution in [1.29, 1.82) is 0 Å². The van der Waals surface area contributed by atoms with Gasteiger partial charge in [-0.25, -0.2) is 0 Å². The molecular formula is C11H18N2O. The van der Waals surface area contributed by atoms with Crippen molar-refractivity contribution in [3.8, 4) is 0 Å². The van der Waals surface area contributed by atoms with Gasteiger partial charge >= 0.3 is 0 Å². The summed E-state index contributed by atoms with van der Waals surface area (Å²) in [6.07, 6.45) is 3.91. The molecule has 3 nitrogen and oxygen atoms in total. The summed E-state index contributed by atoms with van der Waals surface area (Å²) in [7, 11) is 1.72. The van der Waals surface area contributed by atoms with Crippen LogP contribution < -0.4 is 5.32 Å². The largest absolute Gasteiger partial charge is 0.380 e. The first-order valence-electron chi connectivity index (χ1n) is 4.90. The van der Waals surface area contributed by atoms with Crippen molar-refractivity contribution in [2.45, 2.75) is 26.0 Å². The molecule has 0 radical (unpaired) electrons. The van der Waals surface area contributed by atoms with Crippen molar-refractivity contribution in [1.82, 2.24) is 10.3 Å². The fourth-order valence-electron chi connectivity index (χ4n) is 1.18. The summed E-state index contributed by atoms with van der Waals surface area (Å²) in [6, 6.07) is 4.34. The molecule has 0 saturated carbocycles. The Balaban J connectivity index is 2.39. The summed E-state index contributed by atoms with van der Waals surface area (Å²) in [5.74, 6) is 0. The first kappa shape index (κ1) is 11.1. The van der Waals surface area contributed by atoms with Crippen LogP contribution in [0.1, 0.15) is 25.5 Å². The normalized spacial score (nSPS) is 15.1. The minimum Gasteiger partial charge on any atom is -0.380 e. The standard InChI is InChI=1S/C11H18N2O/c1-9(14-3)7-13-10(2)11-5-4-6-12-8-11/h4-6,8-10,13H,7H2,1-3H3/t9?,10-/m0/s1. The van der Waals surface area contributed by atoms with Gasteiger partial charge in [-0.05, 0) is 25.5 Å². The Morgan fingerprint density at radius 3 is 2.86 bits per heavy atom. The van der Waals surface area contributed by atoms with Gasteiger partial charge in [0.1, 0.15) is 0 Å². The lowest BCUT2D eigenvalue weighted by Gasteiger charge is -2.16. The smallest absolute Gasteiger partial charge is 0.0667 e. The van der Waals surface area contributed by atoms with Crippen molar-refractivity contribution in [2.24, 2.45) is 0 Å². The maximum absolute atomic E-state index is 5.16. The Morgan fingerprint density at radius 1 is 1.50 bits per heavy atom. The molecule has 1 rings (SSSR count). The van der Waals surface area contributed by atoms with Gasteiger partial charge in [0, 0.05) is 32.1 Å². The topological polar surface area (TPSA) is 34.1 Å². The Labute approximate surface area is 85.5 Å². The van der Waals surface area contributed by atoms with Crippen LogP contribution >= 0.6 is 0 Å². The minimum absolute atomic E-state index is 0.245. The fourth-order valence-corrected chi connectivity index (χ4v) is 1.18. The maximum Gasteiger partial charge on any atom is 0.0667 e. The summed E-state index contributed by atoms with van der Waals surface area (Å²) in [5.41, 5.74) is 1.20. The van der Waals surface area contributed by atoms with E-state index in [2.05, 4.69) is 23.3 Å². The lowest BCUT2D eigenvalue weighted by atomic mass is 10.1. The van der Waals surface area contributed by atoms with Crippen molar-refractivity contribution in [3.63, 3.8) is 0 Å². The number of methoxy groups -OCH3 is 1. The molecule has 0 aromatic carbocycles. The lowest BCUT2D eigenvalue weighted by Crippen LogP contribution is -2.28. The quantitative estimate of drug-likeness (QED) is 0.775. The van der Waals surface area contributed by atoms with Crippen LogP contribution in [0.5, 0.6) is 0 Å². The van der Waals surface area contributed by atoms with Gasteiger partial charge in [0.15, 0.2) is 0 Å². The van der Waals surface area contributed by atoms with Gasteiger partial charge < -0.3 is 10.1 Å². The molecule has 2 atom stereocenters. The van der Waals surface area contributed by atoms with Gasteiger partial charge in [-0.1, -0.05) is 6.07 Å². The van der Waals surface area contributed by atoms with E-state index >= 15 is 0 Å². The van der Waals surface area contributed by atoms with E-state index in [1.807, 2.05) is 19.2 Å². The van der Waals surface area contributed by atoms with E-state index in [0.29, 0.717) is 6.04 Å². The number of aromatic nitrogens is 1. The average molecular weight is 194 g/mol. The van der Waals surface area contributed by atoms with Crippen molar-refractivity contribution < 1.29 is 4.74 Å². The molecule has 0 aliphatic rings. The third-order valence-electron chi connectivity index (χ3n) is 2.30. The van der Waals surface area contributed by atoms with Crippen molar-refractivity contribution >= 4 is 0 Å². The molecule has 14 heavy (non-hydrogen) atoms. The lowest BCUT2D eigenvalue weighted by molar-refractivity contribution is 0.115. The second kappa shape index (κ2) is 5.73. The molecule has 1 aromatic rings. The third kappa shape index (κ3) is 3.44. The van der Waals surface area contributed by atoms with Crippen molar-refractivity contribution in [2.75, 3.05) is 13.7 Å². The highest BCUT2D eigenvalue weighted by Gasteiger charge is 2.06. The summed E-state index contributed by atoms with van der Waals surface area (Å²) in [6.45, 7) is 5.02. The van der Waals surface area contributed by atoms with E-state index < -0.39 is 0 Å². The number of hydrogen-bond donors (Lipinski definition) is 1. The van der Waals surface area contributed by atoms with Gasteiger partial charge in [-0.3, -0.25) is 4.98 Å². The van der Waals surface area contributed by atoms with E-state index in [0.717, 1.165) is 6.54 Å². The van der Waals surface area contributed by atoms with E-state index in [4.69, 9.17) is 4.74 Å². The monoisotopic (exact) mass is 194 g/mol. The Kier molecular flexibility index (Phi) is 4.56. The van der Waals surface area contributed by atoms with E-state index in [-0.39, 0.29) is 6.10 Å². The predicted octanol–water partition coefficient (Wildman–Crippen LogP) is 1.77. The maximum atomic E-state index is 5.16. The molecule has 0 aliphatic carbocycles. The van der Waals surface area contributed by atoms with Crippen LogP contribution in [-0.4, -0.2) is 24.7 Å². The van der Waals surface area contributed by atoms with E-state index in [1.54, 1.807) is 13.3 Å². The molecule has 78 valence electrons. The van der Waals surface area contributed by atoms with Gasteiger partial charge in [0.05, 0.1) is 6.10 Å². The molecule has 1 unspecified atom stereocenters. The highest BCUT2D eigenvalue weighted by Crippen LogP contribution is 2.09. The summed E-state index contributed by atoms with van der Waals surface area (Å²) in [5, 5.41) is 3.38. The second-order valence-electron chi connectivity index (χ2n) is 3.46. The van der Waals surface area contributed by atoms with Crippen LogP contribution in [-0.2, 0) is 4.74 Å². The van der Waals surface area contributed by atoms with Gasteiger partial charge in [-0.2, -0.15) is 0 Å². The molecular weight excluding hydrogens is 176 g/mol. The summed E-state index contributed by atoms with van der Waals surface area (Å²) >= 11 is 0. The first-order valence-corrected chi connectivity index (χ1v) is 4.90. The van der Waals surface area contributed by atoms with Crippen LogP contribution in [0.15, 0.2) is 24.5 Å². The second-order valence-corrected chi connectivity index (χ2v) is 3.46. The fraction of sp³-hybridized carbons (Fsp3) is 0.545. The minimum atomic E-state index is 0.245. The zero-order valence-corrected chi connectivity index (χ0v) is 9.03. The Bertz CT molecular complexity index is 251. The highest BCUT2D eigenvalue weighted by molar-refractivity contribution is 5.12. The molecule has 0 saturated heterocycles. The van der Waals surface area contributed by atoms with E-state index in [1.165, 1.54) is 5.56 Å². The molecule has 3 heteroatoms. The number of nitrogens with zero attached hydrogens (tertiary/aromatic N) is 1. The predicted molar refractivity (Wildman–Crippen MR) is 57.1 cm³/mol. The van der Waals surface area contributed by atoms with Crippen LogP contribution in [0, 0.1) is 0 Å². The van der Waals surface area contributed by atoms with Crippen LogP contribution in [0.3, 0.4) is 0 Å². The highest BCUT2D eigenvalue weighted by atomic mass is 16.5. The first-order chi connectivity index (χ1) is 6.74. The number of pyridine rings is 1. The number of hydrogen-bond acceptors (Lipinski definition) is 3. The van der Waals surface area contributed by atoms with E-state index in [9.17, 15) is 0 Å². The molecule has 0 spiro atoms. The molecule has 0 fully saturated rings. The van der Waals surface area contributed by atoms with Gasteiger partial charge in [0.25, 0.3) is 0 Å². The summed E-state index contributed by atoms with van der Waals surface area (Å²) in [4.78, 5) is 4.08. The van der Waals surface area contributed by atoms with Gasteiger partial charge in [0.2, 0.25) is 0 Å². The van der Waals surface area contributed by atoms with Crippen LogP contribution in [0.4, 0.5) is 0 Å². The zero-order chi connectivity index (χ0) is 10.4. The number of nitrogens with one attached hydrogen (secondary N) is 1. The Hall–Kier alpha value is -0.930. The zero-order valence-electron chi connectivity index (χ0n) is 9.03. The molecule has 1 heterocycles. The third-order valence-corrected chi connectivity index (χ3v) is 2.30. The SMILES string of the molecule is COC(C)CN[C@@H](C)c1cccnc1. The summed E-state index contributed by atoms with van der Waals surface area (Å²) < 4.78 is 5.16. The molecule has 0 bridgehead atoms.